The number of hydrogen-bond donors (Lipinski definition) is 3. The maximum absolute atomic E-state index is 11.5. The molecule has 0 radical (unpaired) electrons. The topological polar surface area (TPSA) is 143 Å². The van der Waals surface area contributed by atoms with Crippen LogP contribution in [-0.2, 0) is 14.3 Å². The Balaban J connectivity index is 0.00000122. The van der Waals surface area contributed by atoms with Gasteiger partial charge in [-0.3, -0.25) is 0 Å². The fourth-order valence-corrected chi connectivity index (χ4v) is 2.33. The van der Waals surface area contributed by atoms with Crippen molar-refractivity contribution in [2.75, 3.05) is 40.5 Å². The van der Waals surface area contributed by atoms with Gasteiger partial charge in [-0.1, -0.05) is 20.3 Å². The third-order valence-electron chi connectivity index (χ3n) is 3.94. The molecule has 0 aromatic heterocycles. The Hall–Kier alpha value is -2.85. The number of aliphatic hydroxyl groups is 1. The number of esters is 1. The predicted molar refractivity (Wildman–Crippen MR) is 108 cm³/mol. The quantitative estimate of drug-likeness (QED) is 0.350. The summed E-state index contributed by atoms with van der Waals surface area (Å²) in [7, 11) is 2.83. The normalized spacial score (nSPS) is 11.1. The van der Waals surface area contributed by atoms with Crippen LogP contribution in [0.1, 0.15) is 37.0 Å². The number of rotatable bonds is 11. The molecular formula is C20H31NO9. The van der Waals surface area contributed by atoms with Crippen molar-refractivity contribution in [3.63, 3.8) is 0 Å². The van der Waals surface area contributed by atoms with Crippen molar-refractivity contribution < 1.29 is 43.9 Å². The number of aliphatic carboxylic acids is 2. The number of carbonyl (C=O) groups excluding carboxylic acids is 1. The predicted octanol–water partition coefficient (Wildman–Crippen LogP) is 1.50. The average molecular weight is 429 g/mol. The van der Waals surface area contributed by atoms with Crippen molar-refractivity contribution in [3.05, 3.63) is 23.8 Å². The molecule has 0 saturated heterocycles. The summed E-state index contributed by atoms with van der Waals surface area (Å²) >= 11 is 0. The highest BCUT2D eigenvalue weighted by molar-refractivity contribution is 6.27. The van der Waals surface area contributed by atoms with Crippen LogP contribution >= 0.6 is 0 Å². The lowest BCUT2D eigenvalue weighted by Gasteiger charge is -2.23. The van der Waals surface area contributed by atoms with Crippen LogP contribution in [0.4, 0.5) is 0 Å². The highest BCUT2D eigenvalue weighted by atomic mass is 16.5. The van der Waals surface area contributed by atoms with Gasteiger partial charge in [-0.15, -0.1) is 0 Å². The van der Waals surface area contributed by atoms with Gasteiger partial charge >= 0.3 is 17.9 Å². The Morgan fingerprint density at radius 1 is 1.07 bits per heavy atom. The minimum absolute atomic E-state index is 0.163. The summed E-state index contributed by atoms with van der Waals surface area (Å²) in [5, 5.41) is 25.0. The molecule has 1 aromatic carbocycles. The van der Waals surface area contributed by atoms with Crippen molar-refractivity contribution in [1.29, 1.82) is 0 Å². The molecule has 30 heavy (non-hydrogen) atoms. The fourth-order valence-electron chi connectivity index (χ4n) is 2.33. The number of likely N-dealkylation sites (N-methyl/N-ethyl adjacent to an activating group) is 1. The van der Waals surface area contributed by atoms with Crippen LogP contribution in [0.25, 0.3) is 0 Å². The molecule has 0 amide bonds. The standard InChI is InChI=1S/C18H29NO5.C2H2O4/c1-5-7-10-19(6-2)12-15(20)13-24-16-9-8-14(18(21)23-4)11-17(16)22-3;3-1(4)2(5)6/h8-9,11,15,20H,5-7,10,12-13H2,1-4H3;(H,3,4)(H,5,6). The number of hydrogen-bond acceptors (Lipinski definition) is 8. The molecule has 0 aliphatic rings. The summed E-state index contributed by atoms with van der Waals surface area (Å²) in [4.78, 5) is 31.9. The zero-order valence-corrected chi connectivity index (χ0v) is 17.8. The molecule has 0 spiro atoms. The van der Waals surface area contributed by atoms with E-state index >= 15 is 0 Å². The number of unbranched alkanes of at least 4 members (excludes halogenated alkanes) is 1. The van der Waals surface area contributed by atoms with E-state index in [4.69, 9.17) is 29.3 Å². The molecule has 0 heterocycles. The van der Waals surface area contributed by atoms with Crippen LogP contribution in [0.15, 0.2) is 18.2 Å². The van der Waals surface area contributed by atoms with E-state index in [1.165, 1.54) is 14.2 Å². The molecule has 10 heteroatoms. The van der Waals surface area contributed by atoms with Gasteiger partial charge in [0.05, 0.1) is 19.8 Å². The first-order valence-corrected chi connectivity index (χ1v) is 9.45. The van der Waals surface area contributed by atoms with E-state index in [-0.39, 0.29) is 6.61 Å². The highest BCUT2D eigenvalue weighted by Gasteiger charge is 2.14. The lowest BCUT2D eigenvalue weighted by Crippen LogP contribution is -2.36. The molecule has 0 bridgehead atoms. The second-order valence-electron chi connectivity index (χ2n) is 6.18. The molecule has 1 atom stereocenters. The molecule has 170 valence electrons. The van der Waals surface area contributed by atoms with Gasteiger partial charge in [0.15, 0.2) is 11.5 Å². The lowest BCUT2D eigenvalue weighted by molar-refractivity contribution is -0.159. The van der Waals surface area contributed by atoms with E-state index < -0.39 is 24.0 Å². The Morgan fingerprint density at radius 2 is 1.70 bits per heavy atom. The van der Waals surface area contributed by atoms with Crippen molar-refractivity contribution >= 4 is 17.9 Å². The van der Waals surface area contributed by atoms with Crippen LogP contribution in [-0.4, -0.2) is 84.7 Å². The Kier molecular flexibility index (Phi) is 13.6. The van der Waals surface area contributed by atoms with Crippen molar-refractivity contribution in [2.45, 2.75) is 32.8 Å². The van der Waals surface area contributed by atoms with Crippen LogP contribution in [0, 0.1) is 0 Å². The van der Waals surface area contributed by atoms with Crippen molar-refractivity contribution in [1.82, 2.24) is 4.90 Å². The first-order valence-electron chi connectivity index (χ1n) is 9.45. The van der Waals surface area contributed by atoms with E-state index in [0.29, 0.717) is 23.6 Å². The molecular weight excluding hydrogens is 398 g/mol. The third-order valence-corrected chi connectivity index (χ3v) is 3.94. The summed E-state index contributed by atoms with van der Waals surface area (Å²) in [6, 6.07) is 4.81. The van der Waals surface area contributed by atoms with Gasteiger partial charge in [0.1, 0.15) is 12.7 Å². The number of methoxy groups -OCH3 is 2. The van der Waals surface area contributed by atoms with E-state index in [1.54, 1.807) is 18.2 Å². The average Bonchev–Trinajstić information content (AvgIpc) is 2.74. The van der Waals surface area contributed by atoms with Gasteiger partial charge in [0.2, 0.25) is 0 Å². The molecule has 1 unspecified atom stereocenters. The minimum atomic E-state index is -1.82. The maximum Gasteiger partial charge on any atom is 0.414 e. The largest absolute Gasteiger partial charge is 0.493 e. The summed E-state index contributed by atoms with van der Waals surface area (Å²) < 4.78 is 15.6. The molecule has 1 aromatic rings. The second kappa shape index (κ2) is 15.1. The monoisotopic (exact) mass is 429 g/mol. The first-order chi connectivity index (χ1) is 14.2. The molecule has 0 saturated carbocycles. The van der Waals surface area contributed by atoms with E-state index in [9.17, 15) is 9.90 Å². The van der Waals surface area contributed by atoms with Gasteiger partial charge in [-0.2, -0.15) is 0 Å². The first kappa shape index (κ1) is 27.1. The highest BCUT2D eigenvalue weighted by Crippen LogP contribution is 2.28. The number of benzene rings is 1. The van der Waals surface area contributed by atoms with Crippen LogP contribution in [0.3, 0.4) is 0 Å². The van der Waals surface area contributed by atoms with E-state index in [1.807, 2.05) is 0 Å². The SMILES string of the molecule is CCCCN(CC)CC(O)COc1ccc(C(=O)OC)cc1OC.O=C(O)C(=O)O. The van der Waals surface area contributed by atoms with Gasteiger partial charge in [-0.25, -0.2) is 14.4 Å². The zero-order chi connectivity index (χ0) is 23.1. The molecule has 1 rings (SSSR count). The second-order valence-corrected chi connectivity index (χ2v) is 6.18. The molecule has 3 N–H and O–H groups in total. The minimum Gasteiger partial charge on any atom is -0.493 e. The molecule has 0 aliphatic heterocycles. The summed E-state index contributed by atoms with van der Waals surface area (Å²) in [6.45, 7) is 6.83. The molecule has 10 nitrogen and oxygen atoms in total. The smallest absolute Gasteiger partial charge is 0.414 e. The number of carboxylic acids is 2. The lowest BCUT2D eigenvalue weighted by atomic mass is 10.2. The third kappa shape index (κ3) is 10.6. The summed E-state index contributed by atoms with van der Waals surface area (Å²) in [5.74, 6) is -3.16. The molecule has 0 aliphatic carbocycles. The van der Waals surface area contributed by atoms with E-state index in [2.05, 4.69) is 23.5 Å². The van der Waals surface area contributed by atoms with Gasteiger partial charge in [0.25, 0.3) is 0 Å². The fraction of sp³-hybridized carbons (Fsp3) is 0.550. The Labute approximate surface area is 176 Å². The van der Waals surface area contributed by atoms with Gasteiger partial charge in [0, 0.05) is 6.54 Å². The number of carboxylic acid groups (broad SMARTS) is 2. The number of aliphatic hydroxyl groups excluding tert-OH is 1. The van der Waals surface area contributed by atoms with Crippen LogP contribution in [0.2, 0.25) is 0 Å². The zero-order valence-electron chi connectivity index (χ0n) is 17.8. The van der Waals surface area contributed by atoms with Crippen LogP contribution in [0.5, 0.6) is 11.5 Å². The molecule has 0 fully saturated rings. The van der Waals surface area contributed by atoms with E-state index in [0.717, 1.165) is 25.9 Å². The maximum atomic E-state index is 11.5. The van der Waals surface area contributed by atoms with Crippen LogP contribution < -0.4 is 9.47 Å². The number of carbonyl (C=O) groups is 3. The van der Waals surface area contributed by atoms with Crippen molar-refractivity contribution in [2.24, 2.45) is 0 Å². The number of ether oxygens (including phenoxy) is 3. The van der Waals surface area contributed by atoms with Gasteiger partial charge < -0.3 is 34.4 Å². The summed E-state index contributed by atoms with van der Waals surface area (Å²) in [5.41, 5.74) is 0.388. The Morgan fingerprint density at radius 3 is 2.17 bits per heavy atom. The number of nitrogens with zero attached hydrogens (tertiary/aromatic N) is 1. The van der Waals surface area contributed by atoms with Gasteiger partial charge in [-0.05, 0) is 37.7 Å². The van der Waals surface area contributed by atoms with Crippen molar-refractivity contribution in [3.8, 4) is 11.5 Å². The summed E-state index contributed by atoms with van der Waals surface area (Å²) in [6.07, 6.45) is 1.66. The Bertz CT molecular complexity index is 666.